The molecule has 0 spiro atoms. The van der Waals surface area contributed by atoms with Crippen LogP contribution in [0.25, 0.3) is 0 Å². The average Bonchev–Trinajstić information content (AvgIpc) is 2.54. The standard InChI is InChI=1S/C7H11N3OS.ClH/c11-6-5-12-7(9-6)10-3-1-8-2-4-10;/h5,8,11H,1-4H2;1H. The van der Waals surface area contributed by atoms with E-state index in [-0.39, 0.29) is 18.3 Å². The molecule has 0 aliphatic carbocycles. The Hall–Kier alpha value is -0.520. The smallest absolute Gasteiger partial charge is 0.223 e. The van der Waals surface area contributed by atoms with Gasteiger partial charge in [0.2, 0.25) is 5.88 Å². The van der Waals surface area contributed by atoms with Crippen molar-refractivity contribution >= 4 is 28.9 Å². The van der Waals surface area contributed by atoms with Gasteiger partial charge in [0.25, 0.3) is 0 Å². The minimum atomic E-state index is 0. The minimum Gasteiger partial charge on any atom is -0.493 e. The SMILES string of the molecule is Cl.Oc1csc(N2CCNCC2)n1. The van der Waals surface area contributed by atoms with Gasteiger partial charge in [-0.25, -0.2) is 0 Å². The molecule has 1 aromatic rings. The molecule has 1 saturated heterocycles. The number of anilines is 1. The van der Waals surface area contributed by atoms with Crippen LogP contribution < -0.4 is 10.2 Å². The van der Waals surface area contributed by atoms with Crippen LogP contribution in [0.15, 0.2) is 5.38 Å². The Kier molecular flexibility index (Phi) is 3.77. The van der Waals surface area contributed by atoms with Crippen LogP contribution in [0.5, 0.6) is 5.88 Å². The van der Waals surface area contributed by atoms with Gasteiger partial charge in [-0.2, -0.15) is 4.98 Å². The number of aromatic nitrogens is 1. The summed E-state index contributed by atoms with van der Waals surface area (Å²) in [7, 11) is 0. The van der Waals surface area contributed by atoms with Crippen LogP contribution >= 0.6 is 23.7 Å². The zero-order valence-corrected chi connectivity index (χ0v) is 8.70. The van der Waals surface area contributed by atoms with Crippen LogP contribution in [-0.2, 0) is 0 Å². The molecule has 0 aromatic carbocycles. The number of rotatable bonds is 1. The Morgan fingerprint density at radius 3 is 2.69 bits per heavy atom. The number of nitrogens with zero attached hydrogens (tertiary/aromatic N) is 2. The Morgan fingerprint density at radius 2 is 2.15 bits per heavy atom. The average molecular weight is 222 g/mol. The number of nitrogens with one attached hydrogen (secondary N) is 1. The van der Waals surface area contributed by atoms with Crippen molar-refractivity contribution in [2.45, 2.75) is 0 Å². The maximum atomic E-state index is 9.04. The van der Waals surface area contributed by atoms with E-state index < -0.39 is 0 Å². The lowest BCUT2D eigenvalue weighted by molar-refractivity contribution is 0.456. The molecular formula is C7H12ClN3OS. The summed E-state index contributed by atoms with van der Waals surface area (Å²) in [5, 5.41) is 14.9. The lowest BCUT2D eigenvalue weighted by Crippen LogP contribution is -2.43. The predicted molar refractivity (Wildman–Crippen MR) is 56.1 cm³/mol. The molecule has 74 valence electrons. The molecule has 0 saturated carbocycles. The first-order valence-electron chi connectivity index (χ1n) is 3.96. The fraction of sp³-hybridized carbons (Fsp3) is 0.571. The highest BCUT2D eigenvalue weighted by Gasteiger charge is 2.13. The third kappa shape index (κ3) is 2.46. The molecule has 1 aliphatic heterocycles. The van der Waals surface area contributed by atoms with Crippen molar-refractivity contribution in [3.63, 3.8) is 0 Å². The number of hydrogen-bond donors (Lipinski definition) is 2. The zero-order valence-electron chi connectivity index (χ0n) is 7.06. The highest BCUT2D eigenvalue weighted by atomic mass is 35.5. The maximum absolute atomic E-state index is 9.04. The van der Waals surface area contributed by atoms with E-state index in [9.17, 15) is 0 Å². The lowest BCUT2D eigenvalue weighted by Gasteiger charge is -2.26. The number of thiazole rings is 1. The first-order valence-corrected chi connectivity index (χ1v) is 4.84. The highest BCUT2D eigenvalue weighted by Crippen LogP contribution is 2.23. The summed E-state index contributed by atoms with van der Waals surface area (Å²) in [5.41, 5.74) is 0. The van der Waals surface area contributed by atoms with Gasteiger partial charge >= 0.3 is 0 Å². The Morgan fingerprint density at radius 1 is 1.46 bits per heavy atom. The van der Waals surface area contributed by atoms with E-state index in [0.717, 1.165) is 31.3 Å². The van der Waals surface area contributed by atoms with Crippen molar-refractivity contribution in [1.82, 2.24) is 10.3 Å². The van der Waals surface area contributed by atoms with Gasteiger partial charge in [0.15, 0.2) is 5.13 Å². The van der Waals surface area contributed by atoms with Gasteiger partial charge in [0.1, 0.15) is 0 Å². The number of halogens is 1. The van der Waals surface area contributed by atoms with E-state index in [1.165, 1.54) is 11.3 Å². The molecule has 0 bridgehead atoms. The molecule has 0 unspecified atom stereocenters. The maximum Gasteiger partial charge on any atom is 0.223 e. The molecule has 1 aromatic heterocycles. The first-order chi connectivity index (χ1) is 5.86. The first kappa shape index (κ1) is 10.6. The van der Waals surface area contributed by atoms with E-state index in [1.54, 1.807) is 5.38 Å². The minimum absolute atomic E-state index is 0. The van der Waals surface area contributed by atoms with Crippen LogP contribution in [0.4, 0.5) is 5.13 Å². The normalized spacial score (nSPS) is 16.8. The molecule has 0 atom stereocenters. The van der Waals surface area contributed by atoms with Crippen LogP contribution in [-0.4, -0.2) is 36.3 Å². The molecule has 0 amide bonds. The summed E-state index contributed by atoms with van der Waals surface area (Å²) in [4.78, 5) is 6.19. The monoisotopic (exact) mass is 221 g/mol. The molecule has 2 rings (SSSR count). The van der Waals surface area contributed by atoms with Crippen LogP contribution in [0.2, 0.25) is 0 Å². The van der Waals surface area contributed by atoms with Crippen molar-refractivity contribution in [3.05, 3.63) is 5.38 Å². The van der Waals surface area contributed by atoms with Gasteiger partial charge in [0, 0.05) is 26.2 Å². The van der Waals surface area contributed by atoms with Gasteiger partial charge in [0.05, 0.1) is 5.38 Å². The van der Waals surface area contributed by atoms with Crippen molar-refractivity contribution in [2.24, 2.45) is 0 Å². The van der Waals surface area contributed by atoms with Crippen molar-refractivity contribution in [3.8, 4) is 5.88 Å². The summed E-state index contributed by atoms with van der Waals surface area (Å²) >= 11 is 1.49. The fourth-order valence-corrected chi connectivity index (χ4v) is 2.00. The molecule has 1 aliphatic rings. The topological polar surface area (TPSA) is 48.4 Å². The predicted octanol–water partition coefficient (Wildman–Crippen LogP) is 0.680. The second-order valence-corrected chi connectivity index (χ2v) is 3.56. The van der Waals surface area contributed by atoms with Gasteiger partial charge < -0.3 is 15.3 Å². The van der Waals surface area contributed by atoms with Crippen LogP contribution in [0.1, 0.15) is 0 Å². The van der Waals surface area contributed by atoms with E-state index in [1.807, 2.05) is 0 Å². The lowest BCUT2D eigenvalue weighted by atomic mass is 10.4. The van der Waals surface area contributed by atoms with Crippen molar-refractivity contribution in [1.29, 1.82) is 0 Å². The summed E-state index contributed by atoms with van der Waals surface area (Å²) in [6.07, 6.45) is 0. The second kappa shape index (κ2) is 4.64. The second-order valence-electron chi connectivity index (χ2n) is 2.73. The van der Waals surface area contributed by atoms with E-state index in [0.29, 0.717) is 0 Å². The molecule has 13 heavy (non-hydrogen) atoms. The van der Waals surface area contributed by atoms with Crippen molar-refractivity contribution in [2.75, 3.05) is 31.1 Å². The highest BCUT2D eigenvalue weighted by molar-refractivity contribution is 7.13. The number of hydrogen-bond acceptors (Lipinski definition) is 5. The Bertz CT molecular complexity index is 262. The Labute approximate surface area is 87.0 Å². The third-order valence-electron chi connectivity index (χ3n) is 1.87. The largest absolute Gasteiger partial charge is 0.493 e. The van der Waals surface area contributed by atoms with Gasteiger partial charge in [-0.1, -0.05) is 0 Å². The van der Waals surface area contributed by atoms with E-state index >= 15 is 0 Å². The van der Waals surface area contributed by atoms with Crippen molar-refractivity contribution < 1.29 is 5.11 Å². The Balaban J connectivity index is 0.000000845. The third-order valence-corrected chi connectivity index (χ3v) is 2.76. The molecule has 4 nitrogen and oxygen atoms in total. The van der Waals surface area contributed by atoms with Crippen LogP contribution in [0.3, 0.4) is 0 Å². The molecule has 6 heteroatoms. The van der Waals surface area contributed by atoms with E-state index in [4.69, 9.17) is 5.11 Å². The quantitative estimate of drug-likeness (QED) is 0.733. The number of piperazine rings is 1. The molecule has 2 heterocycles. The zero-order chi connectivity index (χ0) is 8.39. The molecule has 1 fully saturated rings. The van der Waals surface area contributed by atoms with Gasteiger partial charge in [-0.3, -0.25) is 0 Å². The fourth-order valence-electron chi connectivity index (χ4n) is 1.26. The summed E-state index contributed by atoms with van der Waals surface area (Å²) in [6.45, 7) is 3.96. The van der Waals surface area contributed by atoms with Gasteiger partial charge in [-0.05, 0) is 0 Å². The molecule has 2 N–H and O–H groups in total. The number of aromatic hydroxyl groups is 1. The molecular weight excluding hydrogens is 210 g/mol. The van der Waals surface area contributed by atoms with E-state index in [2.05, 4.69) is 15.2 Å². The summed E-state index contributed by atoms with van der Waals surface area (Å²) in [6, 6.07) is 0. The molecule has 0 radical (unpaired) electrons. The summed E-state index contributed by atoms with van der Waals surface area (Å²) < 4.78 is 0. The van der Waals surface area contributed by atoms with Gasteiger partial charge in [-0.15, -0.1) is 23.7 Å². The van der Waals surface area contributed by atoms with Crippen LogP contribution in [0, 0.1) is 0 Å². The summed E-state index contributed by atoms with van der Waals surface area (Å²) in [5.74, 6) is 0.133.